The normalized spacial score (nSPS) is 9.27. The molecular formula is C9H12Cl3N3. The number of aromatic nitrogens is 2. The number of fused-ring (bicyclic) bond motifs is 1. The van der Waals surface area contributed by atoms with Gasteiger partial charge in [0.25, 0.3) is 0 Å². The zero-order chi connectivity index (χ0) is 9.42. The fourth-order valence-electron chi connectivity index (χ4n) is 1.35. The second kappa shape index (κ2) is 5.45. The van der Waals surface area contributed by atoms with Crippen molar-refractivity contribution in [3.63, 3.8) is 0 Å². The van der Waals surface area contributed by atoms with E-state index < -0.39 is 0 Å². The first-order valence-corrected chi connectivity index (χ1v) is 4.38. The van der Waals surface area contributed by atoms with Crippen molar-refractivity contribution >= 4 is 53.1 Å². The molecule has 84 valence electrons. The standard InChI is InChI=1S/C9H10ClN3.2ClH/c1-11-6-3-7-8(10)5-13(2)9(7)12-4-6;;/h3-5,11H,1-2H3;2*1H. The number of halogens is 3. The number of aryl methyl sites for hydroxylation is 1. The Morgan fingerprint density at radius 2 is 2.07 bits per heavy atom. The largest absolute Gasteiger partial charge is 0.387 e. The monoisotopic (exact) mass is 267 g/mol. The smallest absolute Gasteiger partial charge is 0.141 e. The number of nitrogens with one attached hydrogen (secondary N) is 1. The van der Waals surface area contributed by atoms with E-state index in [4.69, 9.17) is 11.6 Å². The lowest BCUT2D eigenvalue weighted by molar-refractivity contribution is 0.949. The first-order valence-electron chi connectivity index (χ1n) is 4.00. The molecule has 0 aliphatic rings. The van der Waals surface area contributed by atoms with Crippen LogP contribution in [-0.2, 0) is 7.05 Å². The Kier molecular flexibility index (Phi) is 5.21. The summed E-state index contributed by atoms with van der Waals surface area (Å²) >= 11 is 6.02. The highest BCUT2D eigenvalue weighted by Gasteiger charge is 2.05. The van der Waals surface area contributed by atoms with E-state index in [0.717, 1.165) is 21.7 Å². The van der Waals surface area contributed by atoms with Gasteiger partial charge in [-0.1, -0.05) is 11.6 Å². The minimum absolute atomic E-state index is 0. The van der Waals surface area contributed by atoms with Crippen molar-refractivity contribution in [2.45, 2.75) is 0 Å². The van der Waals surface area contributed by atoms with Crippen LogP contribution in [0.5, 0.6) is 0 Å². The number of rotatable bonds is 1. The Balaban J connectivity index is 0.000000980. The van der Waals surface area contributed by atoms with E-state index in [1.165, 1.54) is 0 Å². The molecule has 0 aliphatic heterocycles. The molecule has 15 heavy (non-hydrogen) atoms. The molecule has 2 aromatic rings. The van der Waals surface area contributed by atoms with Gasteiger partial charge >= 0.3 is 0 Å². The van der Waals surface area contributed by atoms with Crippen LogP contribution in [0.1, 0.15) is 0 Å². The molecule has 6 heteroatoms. The number of anilines is 1. The molecule has 0 saturated heterocycles. The molecule has 0 radical (unpaired) electrons. The Hall–Kier alpha value is -0.640. The third-order valence-electron chi connectivity index (χ3n) is 2.05. The first-order chi connectivity index (χ1) is 6.22. The van der Waals surface area contributed by atoms with Crippen LogP contribution in [0, 0.1) is 0 Å². The van der Waals surface area contributed by atoms with Gasteiger partial charge in [0.05, 0.1) is 16.9 Å². The molecule has 0 saturated carbocycles. The highest BCUT2D eigenvalue weighted by Crippen LogP contribution is 2.25. The molecule has 0 aliphatic carbocycles. The zero-order valence-corrected chi connectivity index (χ0v) is 10.7. The van der Waals surface area contributed by atoms with E-state index >= 15 is 0 Å². The molecule has 2 heterocycles. The summed E-state index contributed by atoms with van der Waals surface area (Å²) in [6.07, 6.45) is 3.65. The van der Waals surface area contributed by atoms with Gasteiger partial charge in [0.15, 0.2) is 0 Å². The van der Waals surface area contributed by atoms with Crippen LogP contribution < -0.4 is 5.32 Å². The van der Waals surface area contributed by atoms with Gasteiger partial charge in [0, 0.05) is 25.7 Å². The summed E-state index contributed by atoms with van der Waals surface area (Å²) in [7, 11) is 3.79. The van der Waals surface area contributed by atoms with Crippen molar-refractivity contribution in [3.8, 4) is 0 Å². The molecule has 0 fully saturated rings. The summed E-state index contributed by atoms with van der Waals surface area (Å²) in [6.45, 7) is 0. The van der Waals surface area contributed by atoms with Crippen molar-refractivity contribution in [2.75, 3.05) is 12.4 Å². The van der Waals surface area contributed by atoms with Crippen LogP contribution in [0.3, 0.4) is 0 Å². The van der Waals surface area contributed by atoms with Gasteiger partial charge in [0.1, 0.15) is 5.65 Å². The third kappa shape index (κ3) is 2.48. The third-order valence-corrected chi connectivity index (χ3v) is 2.35. The fourth-order valence-corrected chi connectivity index (χ4v) is 1.64. The second-order valence-electron chi connectivity index (χ2n) is 2.93. The average Bonchev–Trinajstić information content (AvgIpc) is 2.42. The Morgan fingerprint density at radius 1 is 1.40 bits per heavy atom. The molecule has 0 amide bonds. The van der Waals surface area contributed by atoms with Gasteiger partial charge in [-0.2, -0.15) is 0 Å². The van der Waals surface area contributed by atoms with Crippen molar-refractivity contribution in [1.82, 2.24) is 9.55 Å². The summed E-state index contributed by atoms with van der Waals surface area (Å²) in [4.78, 5) is 4.29. The number of hydrogen-bond donors (Lipinski definition) is 1. The summed E-state index contributed by atoms with van der Waals surface area (Å²) in [5.41, 5.74) is 1.88. The lowest BCUT2D eigenvalue weighted by Gasteiger charge is -1.99. The summed E-state index contributed by atoms with van der Waals surface area (Å²) in [6, 6.07) is 1.99. The predicted octanol–water partition coefficient (Wildman–Crippen LogP) is 3.11. The summed E-state index contributed by atoms with van der Waals surface area (Å²) in [5.74, 6) is 0. The van der Waals surface area contributed by atoms with Crippen molar-refractivity contribution < 1.29 is 0 Å². The van der Waals surface area contributed by atoms with E-state index in [1.54, 1.807) is 6.20 Å². The minimum Gasteiger partial charge on any atom is -0.387 e. The van der Waals surface area contributed by atoms with Gasteiger partial charge in [-0.15, -0.1) is 24.8 Å². The highest BCUT2D eigenvalue weighted by atomic mass is 35.5. The van der Waals surface area contributed by atoms with Crippen molar-refractivity contribution in [1.29, 1.82) is 0 Å². The predicted molar refractivity (Wildman–Crippen MR) is 69.8 cm³/mol. The van der Waals surface area contributed by atoms with E-state index in [9.17, 15) is 0 Å². The first kappa shape index (κ1) is 14.4. The Morgan fingerprint density at radius 3 is 2.67 bits per heavy atom. The molecule has 1 N–H and O–H groups in total. The SMILES string of the molecule is CNc1cnc2c(c1)c(Cl)cn2C.Cl.Cl. The number of hydrogen-bond acceptors (Lipinski definition) is 2. The maximum atomic E-state index is 6.02. The van der Waals surface area contributed by atoms with Crippen LogP contribution in [0.15, 0.2) is 18.5 Å². The Labute approximate surface area is 106 Å². The van der Waals surface area contributed by atoms with E-state index in [1.807, 2.05) is 30.9 Å². The molecule has 0 atom stereocenters. The highest BCUT2D eigenvalue weighted by molar-refractivity contribution is 6.35. The van der Waals surface area contributed by atoms with Gasteiger partial charge in [0.2, 0.25) is 0 Å². The summed E-state index contributed by atoms with van der Waals surface area (Å²) in [5, 5.41) is 4.75. The number of pyridine rings is 1. The Bertz CT molecular complexity index is 453. The molecule has 0 spiro atoms. The van der Waals surface area contributed by atoms with Crippen LogP contribution in [0.4, 0.5) is 5.69 Å². The zero-order valence-electron chi connectivity index (χ0n) is 8.32. The molecule has 3 nitrogen and oxygen atoms in total. The second-order valence-corrected chi connectivity index (χ2v) is 3.34. The topological polar surface area (TPSA) is 29.9 Å². The molecule has 0 bridgehead atoms. The maximum Gasteiger partial charge on any atom is 0.141 e. The lowest BCUT2D eigenvalue weighted by atomic mass is 10.3. The lowest BCUT2D eigenvalue weighted by Crippen LogP contribution is -1.91. The van der Waals surface area contributed by atoms with Gasteiger partial charge in [-0.05, 0) is 6.07 Å². The van der Waals surface area contributed by atoms with Gasteiger partial charge in [-0.25, -0.2) is 4.98 Å². The van der Waals surface area contributed by atoms with Crippen LogP contribution in [0.2, 0.25) is 5.02 Å². The average molecular weight is 269 g/mol. The molecular weight excluding hydrogens is 256 g/mol. The van der Waals surface area contributed by atoms with Crippen molar-refractivity contribution in [3.05, 3.63) is 23.5 Å². The van der Waals surface area contributed by atoms with Crippen molar-refractivity contribution in [2.24, 2.45) is 7.05 Å². The van der Waals surface area contributed by atoms with Gasteiger partial charge in [-0.3, -0.25) is 0 Å². The summed E-state index contributed by atoms with van der Waals surface area (Å²) < 4.78 is 1.91. The van der Waals surface area contributed by atoms with Gasteiger partial charge < -0.3 is 9.88 Å². The van der Waals surface area contributed by atoms with Crippen LogP contribution in [-0.4, -0.2) is 16.6 Å². The molecule has 0 unspecified atom stereocenters. The van der Waals surface area contributed by atoms with Crippen LogP contribution in [0.25, 0.3) is 11.0 Å². The number of nitrogens with zero attached hydrogens (tertiary/aromatic N) is 2. The molecule has 2 aromatic heterocycles. The quantitative estimate of drug-likeness (QED) is 0.861. The maximum absolute atomic E-state index is 6.02. The molecule has 2 rings (SSSR count). The van der Waals surface area contributed by atoms with E-state index in [-0.39, 0.29) is 24.8 Å². The molecule has 0 aromatic carbocycles. The van der Waals surface area contributed by atoms with Crippen LogP contribution >= 0.6 is 36.4 Å². The van der Waals surface area contributed by atoms with E-state index in [2.05, 4.69) is 10.3 Å². The fraction of sp³-hybridized carbons (Fsp3) is 0.222. The van der Waals surface area contributed by atoms with E-state index in [0.29, 0.717) is 0 Å². The minimum atomic E-state index is 0.